The van der Waals surface area contributed by atoms with Crippen LogP contribution < -0.4 is 10.1 Å². The number of hydrogen-bond donors (Lipinski definition) is 2. The average Bonchev–Trinajstić information content (AvgIpc) is 3.29. The lowest BCUT2D eigenvalue weighted by atomic mass is 10.2. The molecule has 160 valence electrons. The summed E-state index contributed by atoms with van der Waals surface area (Å²) in [6.45, 7) is 3.18. The molecule has 0 aliphatic rings. The van der Waals surface area contributed by atoms with Gasteiger partial charge in [-0.15, -0.1) is 11.3 Å². The van der Waals surface area contributed by atoms with Crippen LogP contribution in [0.1, 0.15) is 15.4 Å². The van der Waals surface area contributed by atoms with Gasteiger partial charge in [0, 0.05) is 30.2 Å². The summed E-state index contributed by atoms with van der Waals surface area (Å²) in [5.41, 5.74) is 2.39. The van der Waals surface area contributed by atoms with Crippen molar-refractivity contribution in [3.05, 3.63) is 58.1 Å². The number of carboxylic acids is 1. The van der Waals surface area contributed by atoms with Gasteiger partial charge in [-0.1, -0.05) is 11.6 Å². The van der Waals surface area contributed by atoms with Crippen molar-refractivity contribution in [1.29, 1.82) is 0 Å². The van der Waals surface area contributed by atoms with Crippen LogP contribution in [0.25, 0.3) is 21.5 Å². The van der Waals surface area contributed by atoms with Gasteiger partial charge in [0.25, 0.3) is 0 Å². The summed E-state index contributed by atoms with van der Waals surface area (Å²) in [6, 6.07) is 8.53. The third kappa shape index (κ3) is 4.06. The SMILES string of the molecule is COc1ccc(Cl)c2c1cc(C)n2CCNc1cc(-c2cc(F)c(C(=O)O)s2)ncn1. The molecule has 0 fully saturated rings. The van der Waals surface area contributed by atoms with E-state index in [0.29, 0.717) is 34.5 Å². The molecule has 0 amide bonds. The molecule has 0 radical (unpaired) electrons. The van der Waals surface area contributed by atoms with Crippen LogP contribution >= 0.6 is 22.9 Å². The van der Waals surface area contributed by atoms with Crippen molar-refractivity contribution in [1.82, 2.24) is 14.5 Å². The maximum Gasteiger partial charge on any atom is 0.348 e. The van der Waals surface area contributed by atoms with Crippen molar-refractivity contribution < 1.29 is 19.0 Å². The maximum absolute atomic E-state index is 13.8. The first-order chi connectivity index (χ1) is 14.9. The van der Waals surface area contributed by atoms with Crippen LogP contribution in [0.2, 0.25) is 5.02 Å². The van der Waals surface area contributed by atoms with E-state index in [1.54, 1.807) is 13.2 Å². The number of ether oxygens (including phenoxy) is 1. The third-order valence-electron chi connectivity index (χ3n) is 4.84. The van der Waals surface area contributed by atoms with Gasteiger partial charge in [0.2, 0.25) is 0 Å². The Labute approximate surface area is 186 Å². The minimum atomic E-state index is -1.30. The van der Waals surface area contributed by atoms with Crippen molar-refractivity contribution in [3.8, 4) is 16.3 Å². The predicted molar refractivity (Wildman–Crippen MR) is 119 cm³/mol. The molecule has 0 spiro atoms. The van der Waals surface area contributed by atoms with Crippen LogP contribution in [0, 0.1) is 12.7 Å². The van der Waals surface area contributed by atoms with Gasteiger partial charge < -0.3 is 19.7 Å². The number of fused-ring (bicyclic) bond motifs is 1. The number of benzene rings is 1. The van der Waals surface area contributed by atoms with Crippen molar-refractivity contribution in [2.75, 3.05) is 19.0 Å². The van der Waals surface area contributed by atoms with E-state index in [9.17, 15) is 9.18 Å². The number of halogens is 2. The summed E-state index contributed by atoms with van der Waals surface area (Å²) < 4.78 is 21.3. The molecule has 4 rings (SSSR count). The fourth-order valence-electron chi connectivity index (χ4n) is 3.43. The number of thiophene rings is 1. The van der Waals surface area contributed by atoms with E-state index in [0.717, 1.165) is 33.7 Å². The molecule has 3 heterocycles. The van der Waals surface area contributed by atoms with E-state index >= 15 is 0 Å². The molecule has 2 N–H and O–H groups in total. The first-order valence-corrected chi connectivity index (χ1v) is 10.5. The van der Waals surface area contributed by atoms with E-state index < -0.39 is 11.8 Å². The molecule has 3 aromatic heterocycles. The zero-order chi connectivity index (χ0) is 22.1. The number of aryl methyl sites for hydroxylation is 1. The summed E-state index contributed by atoms with van der Waals surface area (Å²) in [5, 5.41) is 13.9. The Balaban J connectivity index is 1.53. The number of carboxylic acid groups (broad SMARTS) is 1. The minimum Gasteiger partial charge on any atom is -0.496 e. The molecule has 0 bridgehead atoms. The van der Waals surface area contributed by atoms with Gasteiger partial charge in [0.15, 0.2) is 0 Å². The monoisotopic (exact) mass is 460 g/mol. The van der Waals surface area contributed by atoms with Crippen molar-refractivity contribution >= 4 is 45.6 Å². The van der Waals surface area contributed by atoms with Gasteiger partial charge >= 0.3 is 5.97 Å². The highest BCUT2D eigenvalue weighted by molar-refractivity contribution is 7.17. The Hall–Kier alpha value is -3.17. The summed E-state index contributed by atoms with van der Waals surface area (Å²) in [7, 11) is 1.63. The lowest BCUT2D eigenvalue weighted by Crippen LogP contribution is -2.12. The quantitative estimate of drug-likeness (QED) is 0.400. The third-order valence-corrected chi connectivity index (χ3v) is 6.26. The number of hydrogen-bond acceptors (Lipinski definition) is 6. The number of aromatic nitrogens is 3. The fraction of sp³-hybridized carbons (Fsp3) is 0.190. The number of carbonyl (C=O) groups is 1. The zero-order valence-electron chi connectivity index (χ0n) is 16.6. The highest BCUT2D eigenvalue weighted by Gasteiger charge is 2.17. The smallest absolute Gasteiger partial charge is 0.348 e. The molecule has 4 aromatic rings. The Kier molecular flexibility index (Phi) is 5.79. The van der Waals surface area contributed by atoms with Crippen molar-refractivity contribution in [3.63, 3.8) is 0 Å². The Morgan fingerprint density at radius 3 is 2.84 bits per heavy atom. The van der Waals surface area contributed by atoms with E-state index in [2.05, 4.69) is 19.9 Å². The Morgan fingerprint density at radius 1 is 1.32 bits per heavy atom. The standard InChI is InChI=1S/C21H18ClFN4O3S/c1-11-7-12-16(30-2)4-3-13(22)19(12)27(11)6-5-24-18-9-15(25-10-26-18)17-8-14(23)20(31-17)21(28)29/h3-4,7-10H,5-6H2,1-2H3,(H,28,29)(H,24,25,26). The number of nitrogens with one attached hydrogen (secondary N) is 1. The van der Waals surface area contributed by atoms with Gasteiger partial charge in [0.1, 0.15) is 28.6 Å². The van der Waals surface area contributed by atoms with E-state index in [1.807, 2.05) is 25.1 Å². The lowest BCUT2D eigenvalue weighted by molar-refractivity contribution is 0.0697. The highest BCUT2D eigenvalue weighted by Crippen LogP contribution is 2.34. The first kappa shape index (κ1) is 21.1. The second-order valence-corrected chi connectivity index (χ2v) is 8.22. The molecule has 0 unspecified atom stereocenters. The van der Waals surface area contributed by atoms with Crippen molar-refractivity contribution in [2.45, 2.75) is 13.5 Å². The highest BCUT2D eigenvalue weighted by atomic mass is 35.5. The zero-order valence-corrected chi connectivity index (χ0v) is 18.2. The van der Waals surface area contributed by atoms with Crippen molar-refractivity contribution in [2.24, 2.45) is 0 Å². The van der Waals surface area contributed by atoms with Crippen LogP contribution in [0.3, 0.4) is 0 Å². The molecular formula is C21H18ClFN4O3S. The van der Waals surface area contributed by atoms with E-state index in [4.69, 9.17) is 21.4 Å². The van der Waals surface area contributed by atoms with Crippen LogP contribution in [0.5, 0.6) is 5.75 Å². The summed E-state index contributed by atoms with van der Waals surface area (Å²) in [4.78, 5) is 19.5. The molecular weight excluding hydrogens is 443 g/mol. The molecule has 7 nitrogen and oxygen atoms in total. The van der Waals surface area contributed by atoms with Crippen LogP contribution in [-0.2, 0) is 6.54 Å². The number of nitrogens with zero attached hydrogens (tertiary/aromatic N) is 3. The lowest BCUT2D eigenvalue weighted by Gasteiger charge is -2.12. The van der Waals surface area contributed by atoms with Gasteiger partial charge in [-0.05, 0) is 31.2 Å². The average molecular weight is 461 g/mol. The van der Waals surface area contributed by atoms with Crippen LogP contribution in [-0.4, -0.2) is 39.3 Å². The predicted octanol–water partition coefficient (Wildman–Crippen LogP) is 5.08. The Morgan fingerprint density at radius 2 is 2.13 bits per heavy atom. The summed E-state index contributed by atoms with van der Waals surface area (Å²) in [6.07, 6.45) is 1.35. The molecule has 31 heavy (non-hydrogen) atoms. The molecule has 0 saturated carbocycles. The van der Waals surface area contributed by atoms with Gasteiger partial charge in [-0.2, -0.15) is 0 Å². The Bertz CT molecular complexity index is 1290. The first-order valence-electron chi connectivity index (χ1n) is 9.30. The van der Waals surface area contributed by atoms with Crippen LogP contribution in [0.15, 0.2) is 36.7 Å². The maximum atomic E-state index is 13.8. The van der Waals surface area contributed by atoms with E-state index in [1.165, 1.54) is 12.4 Å². The van der Waals surface area contributed by atoms with E-state index in [-0.39, 0.29) is 4.88 Å². The van der Waals surface area contributed by atoms with Gasteiger partial charge in [-0.25, -0.2) is 19.2 Å². The van der Waals surface area contributed by atoms with Gasteiger partial charge in [0.05, 0.1) is 28.2 Å². The molecule has 1 aromatic carbocycles. The summed E-state index contributed by atoms with van der Waals surface area (Å²) >= 11 is 7.27. The largest absolute Gasteiger partial charge is 0.496 e. The summed E-state index contributed by atoms with van der Waals surface area (Å²) in [5.74, 6) is -0.763. The number of anilines is 1. The molecule has 10 heteroatoms. The topological polar surface area (TPSA) is 89.3 Å². The fourth-order valence-corrected chi connectivity index (χ4v) is 4.54. The second-order valence-electron chi connectivity index (χ2n) is 6.76. The molecule has 0 aliphatic heterocycles. The van der Waals surface area contributed by atoms with Crippen LogP contribution in [0.4, 0.5) is 10.2 Å². The number of rotatable bonds is 7. The molecule has 0 atom stereocenters. The van der Waals surface area contributed by atoms with Gasteiger partial charge in [-0.3, -0.25) is 0 Å². The molecule has 0 aliphatic carbocycles. The second kappa shape index (κ2) is 8.52. The molecule has 0 saturated heterocycles. The minimum absolute atomic E-state index is 0.342. The normalized spacial score (nSPS) is 11.1. The number of methoxy groups -OCH3 is 1. The number of aromatic carboxylic acids is 1.